The molecular formula is C19H21N3O5S. The van der Waals surface area contributed by atoms with Crippen molar-refractivity contribution in [3.63, 3.8) is 0 Å². The Kier molecular flexibility index (Phi) is 6.89. The molecule has 0 fully saturated rings. The molecule has 1 amide bonds. The summed E-state index contributed by atoms with van der Waals surface area (Å²) in [4.78, 5) is 23.5. The molecule has 0 unspecified atom stereocenters. The molecule has 28 heavy (non-hydrogen) atoms. The molecule has 0 bridgehead atoms. The van der Waals surface area contributed by atoms with Gasteiger partial charge in [0.1, 0.15) is 6.54 Å². The molecule has 2 aromatic rings. The van der Waals surface area contributed by atoms with Crippen LogP contribution in [0.3, 0.4) is 0 Å². The maximum absolute atomic E-state index is 12.1. The van der Waals surface area contributed by atoms with Crippen molar-refractivity contribution in [1.82, 2.24) is 5.43 Å². The van der Waals surface area contributed by atoms with Gasteiger partial charge in [-0.15, -0.1) is 0 Å². The Morgan fingerprint density at radius 3 is 2.43 bits per heavy atom. The van der Waals surface area contributed by atoms with Crippen molar-refractivity contribution in [2.24, 2.45) is 5.10 Å². The molecule has 0 atom stereocenters. The molecule has 0 aromatic heterocycles. The van der Waals surface area contributed by atoms with Crippen molar-refractivity contribution in [2.45, 2.75) is 6.92 Å². The molecule has 148 valence electrons. The van der Waals surface area contributed by atoms with Gasteiger partial charge in [0.2, 0.25) is 10.0 Å². The molecule has 0 radical (unpaired) electrons. The van der Waals surface area contributed by atoms with Crippen LogP contribution < -0.4 is 9.73 Å². The number of hydrogen-bond donors (Lipinski definition) is 1. The van der Waals surface area contributed by atoms with Crippen LogP contribution in [0.25, 0.3) is 0 Å². The zero-order chi connectivity index (χ0) is 20.7. The first-order valence-corrected chi connectivity index (χ1v) is 10.1. The second-order valence-electron chi connectivity index (χ2n) is 6.02. The maximum atomic E-state index is 12.1. The van der Waals surface area contributed by atoms with E-state index in [0.29, 0.717) is 16.8 Å². The first-order valence-electron chi connectivity index (χ1n) is 8.25. The Balaban J connectivity index is 2.03. The quantitative estimate of drug-likeness (QED) is 0.430. The number of anilines is 1. The molecule has 0 saturated heterocycles. The van der Waals surface area contributed by atoms with Gasteiger partial charge in [-0.2, -0.15) is 5.10 Å². The van der Waals surface area contributed by atoms with E-state index in [-0.39, 0.29) is 0 Å². The van der Waals surface area contributed by atoms with Gasteiger partial charge in [-0.25, -0.2) is 18.6 Å². The van der Waals surface area contributed by atoms with Crippen LogP contribution in [0.1, 0.15) is 21.5 Å². The summed E-state index contributed by atoms with van der Waals surface area (Å²) < 4.78 is 29.7. The topological polar surface area (TPSA) is 105 Å². The molecule has 0 aliphatic carbocycles. The highest BCUT2D eigenvalue weighted by atomic mass is 32.2. The number of aryl methyl sites for hydroxylation is 1. The number of rotatable bonds is 7. The van der Waals surface area contributed by atoms with Crippen LogP contribution in [-0.4, -0.2) is 46.4 Å². The van der Waals surface area contributed by atoms with E-state index in [1.807, 2.05) is 13.0 Å². The Labute approximate surface area is 163 Å². The van der Waals surface area contributed by atoms with E-state index in [1.54, 1.807) is 42.5 Å². The van der Waals surface area contributed by atoms with Crippen molar-refractivity contribution in [3.8, 4) is 0 Å². The third-order valence-corrected chi connectivity index (χ3v) is 4.85. The molecular weight excluding hydrogens is 382 g/mol. The van der Waals surface area contributed by atoms with Crippen LogP contribution in [0.2, 0.25) is 0 Å². The first kappa shape index (κ1) is 21.1. The number of sulfonamides is 1. The number of methoxy groups -OCH3 is 1. The standard InChI is InChI=1S/C19H21N3O5S/c1-14-5-4-6-17(11-14)22(28(3,25)26)13-18(23)21-20-12-15-7-9-16(10-8-15)19(24)27-2/h4-12H,13H2,1-3H3,(H,21,23)/b20-12-. The van der Waals surface area contributed by atoms with Gasteiger partial charge in [-0.05, 0) is 42.3 Å². The normalized spacial score (nSPS) is 11.2. The zero-order valence-corrected chi connectivity index (χ0v) is 16.6. The van der Waals surface area contributed by atoms with Crippen molar-refractivity contribution in [2.75, 3.05) is 24.2 Å². The number of hydrogen-bond acceptors (Lipinski definition) is 6. The molecule has 9 heteroatoms. The summed E-state index contributed by atoms with van der Waals surface area (Å²) >= 11 is 0. The number of carbonyl (C=O) groups excluding carboxylic acids is 2. The minimum absolute atomic E-state index is 0.394. The van der Waals surface area contributed by atoms with Crippen molar-refractivity contribution in [1.29, 1.82) is 0 Å². The van der Waals surface area contributed by atoms with Gasteiger partial charge in [0.05, 0.1) is 30.8 Å². The second kappa shape index (κ2) is 9.14. The second-order valence-corrected chi connectivity index (χ2v) is 7.92. The largest absolute Gasteiger partial charge is 0.465 e. The van der Waals surface area contributed by atoms with E-state index >= 15 is 0 Å². The number of amides is 1. The first-order chi connectivity index (χ1) is 13.2. The Hall–Kier alpha value is -3.20. The minimum atomic E-state index is -3.65. The Morgan fingerprint density at radius 1 is 1.18 bits per heavy atom. The van der Waals surface area contributed by atoms with Crippen LogP contribution in [0, 0.1) is 6.92 Å². The SMILES string of the molecule is COC(=O)c1ccc(/C=N\NC(=O)CN(c2cccc(C)c2)S(C)(=O)=O)cc1. The fourth-order valence-corrected chi connectivity index (χ4v) is 3.20. The fraction of sp³-hybridized carbons (Fsp3) is 0.211. The van der Waals surface area contributed by atoms with Crippen LogP contribution in [0.15, 0.2) is 53.6 Å². The number of hydrazone groups is 1. The molecule has 0 spiro atoms. The highest BCUT2D eigenvalue weighted by Gasteiger charge is 2.20. The van der Waals surface area contributed by atoms with E-state index in [1.165, 1.54) is 13.3 Å². The van der Waals surface area contributed by atoms with E-state index in [2.05, 4.69) is 15.3 Å². The van der Waals surface area contributed by atoms with Crippen LogP contribution in [0.4, 0.5) is 5.69 Å². The Bertz CT molecular complexity index is 985. The molecule has 8 nitrogen and oxygen atoms in total. The summed E-state index contributed by atoms with van der Waals surface area (Å²) in [6.45, 7) is 1.43. The third-order valence-electron chi connectivity index (χ3n) is 3.71. The lowest BCUT2D eigenvalue weighted by Gasteiger charge is -2.21. The molecule has 0 aliphatic heterocycles. The molecule has 2 rings (SSSR count). The van der Waals surface area contributed by atoms with E-state index in [9.17, 15) is 18.0 Å². The van der Waals surface area contributed by atoms with Gasteiger partial charge in [0.25, 0.3) is 5.91 Å². The summed E-state index contributed by atoms with van der Waals surface area (Å²) in [6.07, 6.45) is 2.42. The number of nitrogens with zero attached hydrogens (tertiary/aromatic N) is 2. The van der Waals surface area contributed by atoms with Crippen molar-refractivity contribution < 1.29 is 22.7 Å². The average molecular weight is 403 g/mol. The van der Waals surface area contributed by atoms with Gasteiger partial charge in [0, 0.05) is 0 Å². The predicted molar refractivity (Wildman–Crippen MR) is 107 cm³/mol. The van der Waals surface area contributed by atoms with Gasteiger partial charge >= 0.3 is 5.97 Å². The molecule has 1 N–H and O–H groups in total. The van der Waals surface area contributed by atoms with Gasteiger partial charge in [0.15, 0.2) is 0 Å². The summed E-state index contributed by atoms with van der Waals surface area (Å²) in [6, 6.07) is 13.3. The minimum Gasteiger partial charge on any atom is -0.465 e. The lowest BCUT2D eigenvalue weighted by Crippen LogP contribution is -2.39. The van der Waals surface area contributed by atoms with Gasteiger partial charge in [-0.3, -0.25) is 9.10 Å². The smallest absolute Gasteiger partial charge is 0.337 e. The summed E-state index contributed by atoms with van der Waals surface area (Å²) in [5.74, 6) is -1.04. The van der Waals surface area contributed by atoms with Gasteiger partial charge < -0.3 is 4.74 Å². The number of benzene rings is 2. The third kappa shape index (κ3) is 5.92. The molecule has 0 saturated carbocycles. The Morgan fingerprint density at radius 2 is 1.86 bits per heavy atom. The summed E-state index contributed by atoms with van der Waals surface area (Å²) in [7, 11) is -2.35. The lowest BCUT2D eigenvalue weighted by atomic mass is 10.1. The van der Waals surface area contributed by atoms with E-state index in [4.69, 9.17) is 0 Å². The van der Waals surface area contributed by atoms with Crippen molar-refractivity contribution >= 4 is 33.8 Å². The molecule has 0 aliphatic rings. The number of esters is 1. The van der Waals surface area contributed by atoms with Crippen LogP contribution >= 0.6 is 0 Å². The predicted octanol–water partition coefficient (Wildman–Crippen LogP) is 1.70. The fourth-order valence-electron chi connectivity index (χ4n) is 2.35. The average Bonchev–Trinajstić information content (AvgIpc) is 2.65. The summed E-state index contributed by atoms with van der Waals surface area (Å²) in [5, 5.41) is 3.82. The van der Waals surface area contributed by atoms with Gasteiger partial charge in [-0.1, -0.05) is 24.3 Å². The monoisotopic (exact) mass is 403 g/mol. The van der Waals surface area contributed by atoms with Crippen LogP contribution in [0.5, 0.6) is 0 Å². The van der Waals surface area contributed by atoms with E-state index in [0.717, 1.165) is 16.1 Å². The van der Waals surface area contributed by atoms with Crippen LogP contribution in [-0.2, 0) is 19.6 Å². The number of nitrogens with one attached hydrogen (secondary N) is 1. The van der Waals surface area contributed by atoms with Crippen molar-refractivity contribution in [3.05, 3.63) is 65.2 Å². The summed E-state index contributed by atoms with van der Waals surface area (Å²) in [5.41, 5.74) is 4.62. The lowest BCUT2D eigenvalue weighted by molar-refractivity contribution is -0.119. The zero-order valence-electron chi connectivity index (χ0n) is 15.7. The number of ether oxygens (including phenoxy) is 1. The molecule has 2 aromatic carbocycles. The highest BCUT2D eigenvalue weighted by molar-refractivity contribution is 7.92. The highest BCUT2D eigenvalue weighted by Crippen LogP contribution is 2.18. The number of carbonyl (C=O) groups is 2. The maximum Gasteiger partial charge on any atom is 0.337 e. The molecule has 0 heterocycles. The van der Waals surface area contributed by atoms with E-state index < -0.39 is 28.4 Å².